The van der Waals surface area contributed by atoms with Crippen molar-refractivity contribution < 1.29 is 13.2 Å². The van der Waals surface area contributed by atoms with Crippen molar-refractivity contribution in [2.24, 2.45) is 5.10 Å². The summed E-state index contributed by atoms with van der Waals surface area (Å²) in [5.41, 5.74) is 3.80. The number of carbonyl (C=O) groups excluding carboxylic acids is 1. The molecule has 1 heterocycles. The quantitative estimate of drug-likeness (QED) is 0.477. The van der Waals surface area contributed by atoms with Gasteiger partial charge in [0.15, 0.2) is 0 Å². The molecule has 0 aliphatic heterocycles. The van der Waals surface area contributed by atoms with Crippen molar-refractivity contribution in [1.29, 1.82) is 0 Å². The number of benzene rings is 2. The predicted octanol–water partition coefficient (Wildman–Crippen LogP) is 3.30. The number of carbonyl (C=O) groups is 1. The molecular weight excluding hydrogens is 400 g/mol. The fourth-order valence-electron chi connectivity index (χ4n) is 2.20. The van der Waals surface area contributed by atoms with Gasteiger partial charge in [0.05, 0.1) is 11.1 Å². The van der Waals surface area contributed by atoms with Crippen molar-refractivity contribution >= 4 is 39.4 Å². The zero-order valence-corrected chi connectivity index (χ0v) is 16.0. The molecule has 28 heavy (non-hydrogen) atoms. The van der Waals surface area contributed by atoms with Crippen molar-refractivity contribution in [3.8, 4) is 0 Å². The summed E-state index contributed by atoms with van der Waals surface area (Å²) >= 11 is 5.77. The molecule has 0 aliphatic rings. The molecule has 0 saturated carbocycles. The SMILES string of the molecule is O=C(N/N=C\c1cccnc1)c1ccc(NS(=O)(=O)c2ccc(Cl)cc2)cc1. The van der Waals surface area contributed by atoms with Crippen LogP contribution < -0.4 is 10.1 Å². The van der Waals surface area contributed by atoms with Crippen LogP contribution in [0.5, 0.6) is 0 Å². The Morgan fingerprint density at radius 3 is 2.39 bits per heavy atom. The summed E-state index contributed by atoms with van der Waals surface area (Å²) in [6, 6.07) is 15.3. The van der Waals surface area contributed by atoms with Crippen LogP contribution in [0.2, 0.25) is 5.02 Å². The van der Waals surface area contributed by atoms with Gasteiger partial charge in [-0.15, -0.1) is 0 Å². The molecule has 3 rings (SSSR count). The molecule has 0 atom stereocenters. The summed E-state index contributed by atoms with van der Waals surface area (Å²) in [5, 5.41) is 4.30. The number of pyridine rings is 1. The van der Waals surface area contributed by atoms with E-state index < -0.39 is 15.9 Å². The molecule has 1 amide bonds. The fourth-order valence-corrected chi connectivity index (χ4v) is 3.38. The number of hydrogen-bond donors (Lipinski definition) is 2. The molecule has 0 unspecified atom stereocenters. The van der Waals surface area contributed by atoms with Crippen molar-refractivity contribution in [2.45, 2.75) is 4.90 Å². The minimum absolute atomic E-state index is 0.0865. The summed E-state index contributed by atoms with van der Waals surface area (Å²) in [6.45, 7) is 0. The molecule has 0 radical (unpaired) electrons. The molecule has 7 nitrogen and oxygen atoms in total. The van der Waals surface area contributed by atoms with Crippen LogP contribution in [0.15, 0.2) is 83.1 Å². The summed E-state index contributed by atoms with van der Waals surface area (Å²) in [4.78, 5) is 16.1. The van der Waals surface area contributed by atoms with Crippen LogP contribution in [0.3, 0.4) is 0 Å². The topological polar surface area (TPSA) is 101 Å². The average molecular weight is 415 g/mol. The highest BCUT2D eigenvalue weighted by Crippen LogP contribution is 2.18. The maximum Gasteiger partial charge on any atom is 0.271 e. The van der Waals surface area contributed by atoms with Crippen molar-refractivity contribution in [3.63, 3.8) is 0 Å². The molecule has 9 heteroatoms. The van der Waals surface area contributed by atoms with E-state index in [4.69, 9.17) is 11.6 Å². The van der Waals surface area contributed by atoms with Gasteiger partial charge in [-0.3, -0.25) is 14.5 Å². The second-order valence-electron chi connectivity index (χ2n) is 5.62. The number of nitrogens with zero attached hydrogens (tertiary/aromatic N) is 2. The summed E-state index contributed by atoms with van der Waals surface area (Å²) in [7, 11) is -3.75. The number of sulfonamides is 1. The molecule has 3 aromatic rings. The molecule has 1 aromatic heterocycles. The first-order chi connectivity index (χ1) is 13.4. The van der Waals surface area contributed by atoms with E-state index in [1.807, 2.05) is 0 Å². The standard InChI is InChI=1S/C19H15ClN4O3S/c20-16-5-9-18(10-6-16)28(26,27)24-17-7-3-15(4-8-17)19(25)23-22-13-14-2-1-11-21-12-14/h1-13,24H,(H,23,25)/b22-13-. The van der Waals surface area contributed by atoms with Crippen LogP contribution in [-0.2, 0) is 10.0 Å². The number of amides is 1. The molecule has 2 N–H and O–H groups in total. The second kappa shape index (κ2) is 8.64. The first-order valence-corrected chi connectivity index (χ1v) is 9.92. The predicted molar refractivity (Wildman–Crippen MR) is 108 cm³/mol. The third-order valence-electron chi connectivity index (χ3n) is 3.59. The van der Waals surface area contributed by atoms with Gasteiger partial charge in [0.25, 0.3) is 15.9 Å². The van der Waals surface area contributed by atoms with Gasteiger partial charge in [-0.2, -0.15) is 5.10 Å². The van der Waals surface area contributed by atoms with E-state index in [2.05, 4.69) is 20.2 Å². The number of rotatable bonds is 6. The van der Waals surface area contributed by atoms with E-state index in [1.165, 1.54) is 54.7 Å². The average Bonchev–Trinajstić information content (AvgIpc) is 2.69. The van der Waals surface area contributed by atoms with E-state index in [0.717, 1.165) is 5.56 Å². The number of anilines is 1. The van der Waals surface area contributed by atoms with Crippen LogP contribution in [0, 0.1) is 0 Å². The molecule has 0 bridgehead atoms. The lowest BCUT2D eigenvalue weighted by molar-refractivity contribution is 0.0955. The molecule has 142 valence electrons. The largest absolute Gasteiger partial charge is 0.280 e. The van der Waals surface area contributed by atoms with Gasteiger partial charge >= 0.3 is 0 Å². The number of halogens is 1. The second-order valence-corrected chi connectivity index (χ2v) is 7.74. The molecule has 0 spiro atoms. The normalized spacial score (nSPS) is 11.3. The van der Waals surface area contributed by atoms with Gasteiger partial charge < -0.3 is 0 Å². The number of aromatic nitrogens is 1. The monoisotopic (exact) mass is 414 g/mol. The Kier molecular flexibility index (Phi) is 6.03. The van der Waals surface area contributed by atoms with Crippen LogP contribution in [-0.4, -0.2) is 25.5 Å². The summed E-state index contributed by atoms with van der Waals surface area (Å²) < 4.78 is 27.1. The van der Waals surface area contributed by atoms with Gasteiger partial charge in [0.1, 0.15) is 0 Å². The van der Waals surface area contributed by atoms with E-state index in [1.54, 1.807) is 24.5 Å². The molecular formula is C19H15ClN4O3S. The number of nitrogens with one attached hydrogen (secondary N) is 2. The molecule has 0 aliphatic carbocycles. The van der Waals surface area contributed by atoms with Crippen molar-refractivity contribution in [2.75, 3.05) is 4.72 Å². The summed E-state index contributed by atoms with van der Waals surface area (Å²) in [6.07, 6.45) is 4.72. The first-order valence-electron chi connectivity index (χ1n) is 8.06. The Balaban J connectivity index is 1.63. The van der Waals surface area contributed by atoms with Crippen LogP contribution >= 0.6 is 11.6 Å². The number of hydrogen-bond acceptors (Lipinski definition) is 5. The Bertz CT molecular complexity index is 1080. The van der Waals surface area contributed by atoms with Gasteiger partial charge in [0.2, 0.25) is 0 Å². The van der Waals surface area contributed by atoms with Gasteiger partial charge in [0, 0.05) is 34.2 Å². The highest BCUT2D eigenvalue weighted by Gasteiger charge is 2.14. The Hall–Kier alpha value is -3.23. The zero-order chi connectivity index (χ0) is 20.0. The smallest absolute Gasteiger partial charge is 0.271 e. The molecule has 0 fully saturated rings. The number of hydrazone groups is 1. The van der Waals surface area contributed by atoms with E-state index in [0.29, 0.717) is 16.3 Å². The maximum atomic E-state index is 12.4. The molecule has 2 aromatic carbocycles. The van der Waals surface area contributed by atoms with Crippen LogP contribution in [0.1, 0.15) is 15.9 Å². The fraction of sp³-hybridized carbons (Fsp3) is 0. The zero-order valence-electron chi connectivity index (χ0n) is 14.4. The van der Waals surface area contributed by atoms with Crippen molar-refractivity contribution in [3.05, 3.63) is 89.2 Å². The lowest BCUT2D eigenvalue weighted by Crippen LogP contribution is -2.18. The van der Waals surface area contributed by atoms with E-state index in [-0.39, 0.29) is 4.90 Å². The molecule has 0 saturated heterocycles. The van der Waals surface area contributed by atoms with Gasteiger partial charge in [-0.25, -0.2) is 13.8 Å². The van der Waals surface area contributed by atoms with Crippen molar-refractivity contribution in [1.82, 2.24) is 10.4 Å². The minimum Gasteiger partial charge on any atom is -0.280 e. The lowest BCUT2D eigenvalue weighted by Gasteiger charge is -2.08. The Morgan fingerprint density at radius 2 is 1.75 bits per heavy atom. The summed E-state index contributed by atoms with van der Waals surface area (Å²) in [5.74, 6) is -0.424. The minimum atomic E-state index is -3.75. The third-order valence-corrected chi connectivity index (χ3v) is 5.24. The van der Waals surface area contributed by atoms with Gasteiger partial charge in [-0.05, 0) is 54.6 Å². The van der Waals surface area contributed by atoms with Crippen LogP contribution in [0.4, 0.5) is 5.69 Å². The highest BCUT2D eigenvalue weighted by molar-refractivity contribution is 7.92. The Morgan fingerprint density at radius 1 is 1.04 bits per heavy atom. The van der Waals surface area contributed by atoms with Crippen LogP contribution in [0.25, 0.3) is 0 Å². The van der Waals surface area contributed by atoms with Gasteiger partial charge in [-0.1, -0.05) is 17.7 Å². The first kappa shape index (κ1) is 19.5. The highest BCUT2D eigenvalue weighted by atomic mass is 35.5. The third kappa shape index (κ3) is 5.15. The van der Waals surface area contributed by atoms with E-state index >= 15 is 0 Å². The maximum absolute atomic E-state index is 12.4. The van der Waals surface area contributed by atoms with E-state index in [9.17, 15) is 13.2 Å². The Labute approximate surface area is 167 Å². The lowest BCUT2D eigenvalue weighted by atomic mass is 10.2.